The van der Waals surface area contributed by atoms with Gasteiger partial charge in [-0.15, -0.1) is 0 Å². The standard InChI is InChI=1S/C15H22N4O2/c16-5-14-13-4-10(1-2-12(13)15(21)19-18-14)11-3-9(8-20)6-17-7-11/h3,6-7,10,12-14,18,20H,1-2,4-5,8,16H2,(H,19,21). The minimum atomic E-state index is 0.00893. The fourth-order valence-electron chi connectivity index (χ4n) is 3.69. The molecule has 2 heterocycles. The molecule has 6 nitrogen and oxygen atoms in total. The van der Waals surface area contributed by atoms with Gasteiger partial charge in [-0.2, -0.15) is 0 Å². The number of carbonyl (C=O) groups is 1. The lowest BCUT2D eigenvalue weighted by molar-refractivity contribution is -0.133. The number of rotatable bonds is 3. The van der Waals surface area contributed by atoms with Crippen LogP contribution in [0.3, 0.4) is 0 Å². The van der Waals surface area contributed by atoms with E-state index in [9.17, 15) is 9.90 Å². The van der Waals surface area contributed by atoms with Crippen molar-refractivity contribution >= 4 is 5.91 Å². The van der Waals surface area contributed by atoms with E-state index in [0.717, 1.165) is 30.4 Å². The molecule has 21 heavy (non-hydrogen) atoms. The molecule has 114 valence electrons. The monoisotopic (exact) mass is 290 g/mol. The predicted molar refractivity (Wildman–Crippen MR) is 77.9 cm³/mol. The van der Waals surface area contributed by atoms with Crippen molar-refractivity contribution in [1.29, 1.82) is 0 Å². The number of hydrazine groups is 1. The fourth-order valence-corrected chi connectivity index (χ4v) is 3.69. The van der Waals surface area contributed by atoms with Crippen LogP contribution < -0.4 is 16.6 Å². The van der Waals surface area contributed by atoms with Crippen molar-refractivity contribution in [3.8, 4) is 0 Å². The van der Waals surface area contributed by atoms with Gasteiger partial charge in [-0.1, -0.05) is 6.07 Å². The first-order chi connectivity index (χ1) is 10.2. The third-order valence-corrected chi connectivity index (χ3v) is 4.86. The van der Waals surface area contributed by atoms with E-state index in [1.54, 1.807) is 6.20 Å². The minimum absolute atomic E-state index is 0.00893. The molecule has 6 heteroatoms. The highest BCUT2D eigenvalue weighted by Gasteiger charge is 2.42. The molecule has 4 atom stereocenters. The average Bonchev–Trinajstić information content (AvgIpc) is 2.55. The van der Waals surface area contributed by atoms with Crippen LogP contribution >= 0.6 is 0 Å². The molecule has 3 rings (SSSR count). The van der Waals surface area contributed by atoms with E-state index in [2.05, 4.69) is 15.8 Å². The first kappa shape index (κ1) is 14.4. The van der Waals surface area contributed by atoms with E-state index in [4.69, 9.17) is 5.73 Å². The number of aromatic nitrogens is 1. The zero-order chi connectivity index (χ0) is 14.8. The van der Waals surface area contributed by atoms with Crippen molar-refractivity contribution in [2.24, 2.45) is 17.6 Å². The number of pyridine rings is 1. The van der Waals surface area contributed by atoms with E-state index in [-0.39, 0.29) is 30.4 Å². The highest BCUT2D eigenvalue weighted by Crippen LogP contribution is 2.42. The van der Waals surface area contributed by atoms with Crippen molar-refractivity contribution in [2.45, 2.75) is 37.8 Å². The van der Waals surface area contributed by atoms with Gasteiger partial charge in [-0.05, 0) is 42.2 Å². The van der Waals surface area contributed by atoms with Gasteiger partial charge in [0.2, 0.25) is 5.91 Å². The van der Waals surface area contributed by atoms with Gasteiger partial charge >= 0.3 is 0 Å². The Bertz CT molecular complexity index is 522. The van der Waals surface area contributed by atoms with Crippen molar-refractivity contribution in [3.63, 3.8) is 0 Å². The number of hydrogen-bond acceptors (Lipinski definition) is 5. The zero-order valence-electron chi connectivity index (χ0n) is 12.0. The summed E-state index contributed by atoms with van der Waals surface area (Å²) < 4.78 is 0. The van der Waals surface area contributed by atoms with E-state index in [1.807, 2.05) is 12.3 Å². The summed E-state index contributed by atoms with van der Waals surface area (Å²) in [5, 5.41) is 9.24. The SMILES string of the molecule is NCC1NNC(=O)C2CCC(c3cncc(CO)c3)CC12. The summed E-state index contributed by atoms with van der Waals surface area (Å²) >= 11 is 0. The number of nitrogens with one attached hydrogen (secondary N) is 2. The van der Waals surface area contributed by atoms with Crippen LogP contribution in [0, 0.1) is 11.8 Å². The van der Waals surface area contributed by atoms with Crippen molar-refractivity contribution in [3.05, 3.63) is 29.6 Å². The second-order valence-electron chi connectivity index (χ2n) is 6.04. The molecule has 1 aliphatic carbocycles. The third kappa shape index (κ3) is 2.79. The first-order valence-electron chi connectivity index (χ1n) is 7.53. The van der Waals surface area contributed by atoms with E-state index in [0.29, 0.717) is 12.5 Å². The number of nitrogens with two attached hydrogens (primary N) is 1. The van der Waals surface area contributed by atoms with Gasteiger partial charge < -0.3 is 10.8 Å². The second kappa shape index (κ2) is 6.09. The van der Waals surface area contributed by atoms with Crippen LogP contribution in [0.1, 0.15) is 36.3 Å². The number of carbonyl (C=O) groups excluding carboxylic acids is 1. The Kier molecular flexibility index (Phi) is 4.19. The number of aliphatic hydroxyl groups excluding tert-OH is 1. The van der Waals surface area contributed by atoms with Gasteiger partial charge in [-0.25, -0.2) is 5.43 Å². The number of hydrogen-bond donors (Lipinski definition) is 4. The molecule has 0 bridgehead atoms. The van der Waals surface area contributed by atoms with E-state index >= 15 is 0 Å². The molecule has 1 aliphatic heterocycles. The third-order valence-electron chi connectivity index (χ3n) is 4.86. The van der Waals surface area contributed by atoms with E-state index < -0.39 is 0 Å². The topological polar surface area (TPSA) is 100 Å². The molecule has 1 saturated carbocycles. The molecule has 0 aromatic carbocycles. The fraction of sp³-hybridized carbons (Fsp3) is 0.600. The Balaban J connectivity index is 1.79. The number of fused-ring (bicyclic) bond motifs is 1. The quantitative estimate of drug-likeness (QED) is 0.629. The Hall–Kier alpha value is -1.50. The smallest absolute Gasteiger partial charge is 0.237 e. The van der Waals surface area contributed by atoms with E-state index in [1.165, 1.54) is 0 Å². The van der Waals surface area contributed by atoms with Gasteiger partial charge in [-0.3, -0.25) is 15.2 Å². The molecular formula is C15H22N4O2. The summed E-state index contributed by atoms with van der Waals surface area (Å²) in [6.45, 7) is 0.526. The molecule has 1 amide bonds. The van der Waals surface area contributed by atoms with Crippen LogP contribution in [-0.2, 0) is 11.4 Å². The average molecular weight is 290 g/mol. The Morgan fingerprint density at radius 2 is 2.24 bits per heavy atom. The van der Waals surface area contributed by atoms with Gasteiger partial charge in [0.1, 0.15) is 0 Å². The molecule has 4 unspecified atom stereocenters. The Labute approximate surface area is 124 Å². The molecule has 1 aromatic heterocycles. The normalized spacial score (nSPS) is 32.4. The summed E-state index contributed by atoms with van der Waals surface area (Å²) in [7, 11) is 0. The highest BCUT2D eigenvalue weighted by atomic mass is 16.3. The summed E-state index contributed by atoms with van der Waals surface area (Å²) in [5.74, 6) is 0.794. The van der Waals surface area contributed by atoms with Gasteiger partial charge in [0.05, 0.1) is 6.61 Å². The maximum absolute atomic E-state index is 12.0. The first-order valence-corrected chi connectivity index (χ1v) is 7.53. The molecular weight excluding hydrogens is 268 g/mol. The van der Waals surface area contributed by atoms with Crippen molar-refractivity contribution in [2.75, 3.05) is 6.54 Å². The zero-order valence-corrected chi connectivity index (χ0v) is 12.0. The molecule has 0 radical (unpaired) electrons. The van der Waals surface area contributed by atoms with Crippen molar-refractivity contribution in [1.82, 2.24) is 15.8 Å². The number of nitrogens with zero attached hydrogens (tertiary/aromatic N) is 1. The van der Waals surface area contributed by atoms with Crippen LogP contribution in [0.2, 0.25) is 0 Å². The maximum atomic E-state index is 12.0. The summed E-state index contributed by atoms with van der Waals surface area (Å²) in [5.41, 5.74) is 13.6. The largest absolute Gasteiger partial charge is 0.392 e. The van der Waals surface area contributed by atoms with Crippen LogP contribution in [0.5, 0.6) is 0 Å². The lowest BCUT2D eigenvalue weighted by Gasteiger charge is -2.43. The summed E-state index contributed by atoms with van der Waals surface area (Å²) in [6, 6.07) is 2.15. The van der Waals surface area contributed by atoms with Gasteiger partial charge in [0.25, 0.3) is 0 Å². The number of amides is 1. The summed E-state index contributed by atoms with van der Waals surface area (Å²) in [4.78, 5) is 16.2. The minimum Gasteiger partial charge on any atom is -0.392 e. The van der Waals surface area contributed by atoms with Crippen molar-refractivity contribution < 1.29 is 9.90 Å². The maximum Gasteiger partial charge on any atom is 0.237 e. The molecule has 0 spiro atoms. The van der Waals surface area contributed by atoms with Gasteiger partial charge in [0.15, 0.2) is 0 Å². The molecule has 2 aliphatic rings. The number of aliphatic hydroxyl groups is 1. The molecule has 5 N–H and O–H groups in total. The lowest BCUT2D eigenvalue weighted by Crippen LogP contribution is -2.62. The van der Waals surface area contributed by atoms with Gasteiger partial charge in [0, 0.05) is 30.9 Å². The summed E-state index contributed by atoms with van der Waals surface area (Å²) in [6.07, 6.45) is 6.35. The molecule has 1 aromatic rings. The second-order valence-corrected chi connectivity index (χ2v) is 6.04. The van der Waals surface area contributed by atoms with Crippen LogP contribution in [-0.4, -0.2) is 28.6 Å². The van der Waals surface area contributed by atoms with Crippen LogP contribution in [0.25, 0.3) is 0 Å². The van der Waals surface area contributed by atoms with Crippen LogP contribution in [0.4, 0.5) is 0 Å². The van der Waals surface area contributed by atoms with Crippen LogP contribution in [0.15, 0.2) is 18.5 Å². The molecule has 1 saturated heterocycles. The Morgan fingerprint density at radius 1 is 1.38 bits per heavy atom. The highest BCUT2D eigenvalue weighted by molar-refractivity contribution is 5.79. The Morgan fingerprint density at radius 3 is 3.00 bits per heavy atom. The lowest BCUT2D eigenvalue weighted by atomic mass is 9.68. The predicted octanol–water partition coefficient (Wildman–Crippen LogP) is 0.0355. The molecule has 2 fully saturated rings.